The van der Waals surface area contributed by atoms with Crippen LogP contribution in [0, 0.1) is 0 Å². The van der Waals surface area contributed by atoms with Crippen molar-refractivity contribution in [3.05, 3.63) is 30.2 Å². The maximum absolute atomic E-state index is 5.34. The van der Waals surface area contributed by atoms with E-state index >= 15 is 0 Å². The number of nitrogens with one attached hydrogen (secondary N) is 2. The van der Waals surface area contributed by atoms with Crippen LogP contribution in [0.5, 0.6) is 0 Å². The molecule has 0 aliphatic carbocycles. The second-order valence-electron chi connectivity index (χ2n) is 4.54. The molecule has 6 heteroatoms. The van der Waals surface area contributed by atoms with Gasteiger partial charge in [-0.3, -0.25) is 0 Å². The number of aromatic nitrogens is 2. The summed E-state index contributed by atoms with van der Waals surface area (Å²) in [4.78, 5) is 8.81. The second-order valence-corrected chi connectivity index (χ2v) is 5.31. The van der Waals surface area contributed by atoms with Crippen LogP contribution in [0.25, 0.3) is 0 Å². The molecule has 5 nitrogen and oxygen atoms in total. The first-order valence-electron chi connectivity index (χ1n) is 6.61. The molecule has 0 saturated carbocycles. The molecule has 0 aliphatic rings. The van der Waals surface area contributed by atoms with Crippen molar-refractivity contribution in [2.45, 2.75) is 31.0 Å². The number of anilines is 2. The standard InChI is InChI=1S/C14H20N4OS/c1-10(6-7-11-5-4-8-19-11)16-13-9-12(15-2)17-14(18-13)20-3/h4-5,8-10H,6-7H2,1-3H3,(H2,15,16,17,18). The smallest absolute Gasteiger partial charge is 0.191 e. The molecule has 2 rings (SSSR count). The predicted octanol–water partition coefficient (Wildman–Crippen LogP) is 3.27. The number of hydrogen-bond acceptors (Lipinski definition) is 6. The van der Waals surface area contributed by atoms with Gasteiger partial charge in [-0.15, -0.1) is 0 Å². The van der Waals surface area contributed by atoms with Crippen molar-refractivity contribution in [1.82, 2.24) is 9.97 Å². The fourth-order valence-electron chi connectivity index (χ4n) is 1.86. The quantitative estimate of drug-likeness (QED) is 0.603. The number of hydrogen-bond donors (Lipinski definition) is 2. The van der Waals surface area contributed by atoms with Gasteiger partial charge in [0.2, 0.25) is 0 Å². The molecule has 0 radical (unpaired) electrons. The van der Waals surface area contributed by atoms with Gasteiger partial charge >= 0.3 is 0 Å². The Balaban J connectivity index is 1.94. The van der Waals surface area contributed by atoms with Crippen molar-refractivity contribution in [2.24, 2.45) is 0 Å². The molecule has 2 aromatic rings. The average Bonchev–Trinajstić information content (AvgIpc) is 2.98. The van der Waals surface area contributed by atoms with Crippen molar-refractivity contribution in [2.75, 3.05) is 23.9 Å². The maximum atomic E-state index is 5.34. The normalized spacial score (nSPS) is 12.2. The molecule has 2 aromatic heterocycles. The van der Waals surface area contributed by atoms with Crippen LogP contribution < -0.4 is 10.6 Å². The summed E-state index contributed by atoms with van der Waals surface area (Å²) in [6.45, 7) is 2.14. The molecule has 0 aromatic carbocycles. The highest BCUT2D eigenvalue weighted by Crippen LogP contribution is 2.18. The molecule has 2 N–H and O–H groups in total. The van der Waals surface area contributed by atoms with Crippen LogP contribution in [-0.4, -0.2) is 29.3 Å². The third-order valence-electron chi connectivity index (χ3n) is 2.94. The largest absolute Gasteiger partial charge is 0.469 e. The lowest BCUT2D eigenvalue weighted by Crippen LogP contribution is -2.17. The van der Waals surface area contributed by atoms with Crippen LogP contribution >= 0.6 is 11.8 Å². The van der Waals surface area contributed by atoms with Gasteiger partial charge < -0.3 is 15.1 Å². The van der Waals surface area contributed by atoms with Crippen molar-refractivity contribution < 1.29 is 4.42 Å². The SMILES string of the molecule is CNc1cc(NC(C)CCc2ccco2)nc(SC)n1. The van der Waals surface area contributed by atoms with Gasteiger partial charge in [0.1, 0.15) is 17.4 Å². The Morgan fingerprint density at radius 1 is 1.35 bits per heavy atom. The van der Waals surface area contributed by atoms with Crippen LogP contribution in [0.15, 0.2) is 34.0 Å². The third kappa shape index (κ3) is 4.16. The summed E-state index contributed by atoms with van der Waals surface area (Å²) in [6.07, 6.45) is 5.59. The summed E-state index contributed by atoms with van der Waals surface area (Å²) in [5, 5.41) is 7.22. The Kier molecular flexibility index (Phi) is 5.29. The topological polar surface area (TPSA) is 63.0 Å². The summed E-state index contributed by atoms with van der Waals surface area (Å²) in [5.41, 5.74) is 0. The molecule has 0 spiro atoms. The fraction of sp³-hybridized carbons (Fsp3) is 0.429. The van der Waals surface area contributed by atoms with Crippen molar-refractivity contribution in [3.63, 3.8) is 0 Å². The van der Waals surface area contributed by atoms with Crippen LogP contribution in [0.1, 0.15) is 19.1 Å². The van der Waals surface area contributed by atoms with E-state index in [1.807, 2.05) is 31.5 Å². The Hall–Kier alpha value is -1.69. The van der Waals surface area contributed by atoms with Crippen LogP contribution in [0.3, 0.4) is 0 Å². The number of aryl methyl sites for hydroxylation is 1. The molecule has 1 unspecified atom stereocenters. The highest BCUT2D eigenvalue weighted by Gasteiger charge is 2.08. The summed E-state index contributed by atoms with van der Waals surface area (Å²) in [7, 11) is 1.86. The van der Waals surface area contributed by atoms with Gasteiger partial charge in [0.25, 0.3) is 0 Å². The molecule has 0 aliphatic heterocycles. The second kappa shape index (κ2) is 7.19. The lowest BCUT2D eigenvalue weighted by molar-refractivity contribution is 0.494. The molecule has 1 atom stereocenters. The summed E-state index contributed by atoms with van der Waals surface area (Å²) in [6, 6.07) is 6.15. The molecular formula is C14H20N4OS. The summed E-state index contributed by atoms with van der Waals surface area (Å²) >= 11 is 1.53. The summed E-state index contributed by atoms with van der Waals surface area (Å²) < 4.78 is 5.34. The van der Waals surface area contributed by atoms with E-state index in [1.165, 1.54) is 11.8 Å². The first-order chi connectivity index (χ1) is 9.71. The molecular weight excluding hydrogens is 272 g/mol. The molecule has 2 heterocycles. The maximum Gasteiger partial charge on any atom is 0.191 e. The van der Waals surface area contributed by atoms with E-state index in [2.05, 4.69) is 27.5 Å². The Labute approximate surface area is 123 Å². The van der Waals surface area contributed by atoms with Crippen molar-refractivity contribution >= 4 is 23.4 Å². The van der Waals surface area contributed by atoms with Crippen LogP contribution in [0.4, 0.5) is 11.6 Å². The van der Waals surface area contributed by atoms with E-state index in [0.29, 0.717) is 6.04 Å². The zero-order chi connectivity index (χ0) is 14.4. The molecule has 108 valence electrons. The number of thioether (sulfide) groups is 1. The minimum Gasteiger partial charge on any atom is -0.469 e. The first kappa shape index (κ1) is 14.7. The Morgan fingerprint density at radius 3 is 2.80 bits per heavy atom. The molecule has 0 fully saturated rings. The molecule has 0 saturated heterocycles. The van der Waals surface area contributed by atoms with Gasteiger partial charge in [-0.1, -0.05) is 11.8 Å². The lowest BCUT2D eigenvalue weighted by Gasteiger charge is -2.15. The molecule has 0 bridgehead atoms. The summed E-state index contributed by atoms with van der Waals surface area (Å²) in [5.74, 6) is 2.69. The van der Waals surface area contributed by atoms with E-state index in [1.54, 1.807) is 6.26 Å². The predicted molar refractivity (Wildman–Crippen MR) is 83.5 cm³/mol. The monoisotopic (exact) mass is 292 g/mol. The zero-order valence-electron chi connectivity index (χ0n) is 12.0. The Morgan fingerprint density at radius 2 is 2.15 bits per heavy atom. The fourth-order valence-corrected chi connectivity index (χ4v) is 2.24. The van der Waals surface area contributed by atoms with Gasteiger partial charge in [0.15, 0.2) is 5.16 Å². The van der Waals surface area contributed by atoms with Gasteiger partial charge in [0.05, 0.1) is 6.26 Å². The van der Waals surface area contributed by atoms with Crippen molar-refractivity contribution in [1.29, 1.82) is 0 Å². The van der Waals surface area contributed by atoms with Gasteiger partial charge in [-0.05, 0) is 31.7 Å². The van der Waals surface area contributed by atoms with Crippen LogP contribution in [0.2, 0.25) is 0 Å². The number of nitrogens with zero attached hydrogens (tertiary/aromatic N) is 2. The number of furan rings is 1. The number of rotatable bonds is 7. The van der Waals surface area contributed by atoms with Crippen LogP contribution in [-0.2, 0) is 6.42 Å². The highest BCUT2D eigenvalue weighted by atomic mass is 32.2. The molecule has 20 heavy (non-hydrogen) atoms. The van der Waals surface area contributed by atoms with E-state index < -0.39 is 0 Å². The van der Waals surface area contributed by atoms with E-state index in [4.69, 9.17) is 4.42 Å². The van der Waals surface area contributed by atoms with E-state index in [-0.39, 0.29) is 0 Å². The minimum atomic E-state index is 0.314. The van der Waals surface area contributed by atoms with Gasteiger partial charge in [0, 0.05) is 25.6 Å². The average molecular weight is 292 g/mol. The lowest BCUT2D eigenvalue weighted by atomic mass is 10.1. The molecule has 0 amide bonds. The first-order valence-corrected chi connectivity index (χ1v) is 7.83. The van der Waals surface area contributed by atoms with Crippen molar-refractivity contribution in [3.8, 4) is 0 Å². The highest BCUT2D eigenvalue weighted by molar-refractivity contribution is 7.98. The van der Waals surface area contributed by atoms with Gasteiger partial charge in [-0.25, -0.2) is 9.97 Å². The third-order valence-corrected chi connectivity index (χ3v) is 3.49. The minimum absolute atomic E-state index is 0.314. The van der Waals surface area contributed by atoms with E-state index in [0.717, 1.165) is 35.4 Å². The zero-order valence-corrected chi connectivity index (χ0v) is 12.8. The van der Waals surface area contributed by atoms with Gasteiger partial charge in [-0.2, -0.15) is 0 Å². The Bertz CT molecular complexity index is 508. The van der Waals surface area contributed by atoms with E-state index in [9.17, 15) is 0 Å².